The van der Waals surface area contributed by atoms with Crippen LogP contribution in [0.25, 0.3) is 11.4 Å². The molecule has 2 amide bonds. The first kappa shape index (κ1) is 15.5. The zero-order valence-corrected chi connectivity index (χ0v) is 13.0. The highest BCUT2D eigenvalue weighted by molar-refractivity contribution is 5.89. The summed E-state index contributed by atoms with van der Waals surface area (Å²) in [5.41, 5.74) is 1.48. The zero-order chi connectivity index (χ0) is 16.8. The van der Waals surface area contributed by atoms with Crippen molar-refractivity contribution in [1.29, 1.82) is 0 Å². The number of carbonyl (C=O) groups excluding carboxylic acids is 1. The summed E-state index contributed by atoms with van der Waals surface area (Å²) in [6.07, 6.45) is 0. The predicted octanol–water partition coefficient (Wildman–Crippen LogP) is 3.07. The van der Waals surface area contributed by atoms with E-state index in [1.54, 1.807) is 19.2 Å². The minimum Gasteiger partial charge on any atom is -0.497 e. The Balaban J connectivity index is 1.59. The molecule has 0 fully saturated rings. The molecule has 3 aromatic rings. The molecule has 7 heteroatoms. The number of nitrogens with zero attached hydrogens (tertiary/aromatic N) is 2. The summed E-state index contributed by atoms with van der Waals surface area (Å²) in [7, 11) is 1.59. The molecule has 0 aliphatic heterocycles. The van der Waals surface area contributed by atoms with E-state index in [-0.39, 0.29) is 12.6 Å². The van der Waals surface area contributed by atoms with Crippen molar-refractivity contribution in [2.24, 2.45) is 0 Å². The third-order valence-electron chi connectivity index (χ3n) is 3.23. The van der Waals surface area contributed by atoms with E-state index in [0.29, 0.717) is 23.2 Å². The number of benzene rings is 2. The third kappa shape index (κ3) is 3.89. The van der Waals surface area contributed by atoms with Crippen LogP contribution in [0.3, 0.4) is 0 Å². The molecule has 0 bridgehead atoms. The number of amides is 2. The Morgan fingerprint density at radius 2 is 2.00 bits per heavy atom. The van der Waals surface area contributed by atoms with E-state index in [2.05, 4.69) is 20.8 Å². The highest BCUT2D eigenvalue weighted by atomic mass is 16.5. The molecule has 0 aliphatic rings. The average Bonchev–Trinajstić information content (AvgIpc) is 3.10. The first-order valence-corrected chi connectivity index (χ1v) is 7.31. The Morgan fingerprint density at radius 3 is 2.79 bits per heavy atom. The number of carbonyl (C=O) groups is 1. The Morgan fingerprint density at radius 1 is 1.17 bits per heavy atom. The molecule has 24 heavy (non-hydrogen) atoms. The van der Waals surface area contributed by atoms with E-state index < -0.39 is 0 Å². The molecule has 0 spiro atoms. The fourth-order valence-corrected chi connectivity index (χ4v) is 2.06. The van der Waals surface area contributed by atoms with Crippen LogP contribution in [-0.2, 0) is 6.54 Å². The molecule has 1 aromatic heterocycles. The quantitative estimate of drug-likeness (QED) is 0.753. The van der Waals surface area contributed by atoms with Gasteiger partial charge >= 0.3 is 6.03 Å². The van der Waals surface area contributed by atoms with Crippen molar-refractivity contribution >= 4 is 11.7 Å². The van der Waals surface area contributed by atoms with Crippen molar-refractivity contribution in [2.45, 2.75) is 6.54 Å². The number of aromatic nitrogens is 2. The number of rotatable bonds is 5. The highest BCUT2D eigenvalue weighted by Crippen LogP contribution is 2.21. The standard InChI is InChI=1S/C17H16N4O3/c1-23-14-9-5-6-12(10-14)16-20-15(24-21-16)11-18-17(22)19-13-7-3-2-4-8-13/h2-10H,11H2,1H3,(H2,18,19,22). The van der Waals surface area contributed by atoms with Gasteiger partial charge in [0.25, 0.3) is 0 Å². The molecule has 0 saturated heterocycles. The maximum atomic E-state index is 11.8. The molecule has 2 aromatic carbocycles. The van der Waals surface area contributed by atoms with Crippen molar-refractivity contribution < 1.29 is 14.1 Å². The van der Waals surface area contributed by atoms with Gasteiger partial charge in [-0.25, -0.2) is 4.79 Å². The topological polar surface area (TPSA) is 89.3 Å². The Bertz CT molecular complexity index is 817. The summed E-state index contributed by atoms with van der Waals surface area (Å²) in [5.74, 6) is 1.46. The van der Waals surface area contributed by atoms with E-state index >= 15 is 0 Å². The number of para-hydroxylation sites is 1. The summed E-state index contributed by atoms with van der Waals surface area (Å²) < 4.78 is 10.3. The normalized spacial score (nSPS) is 10.2. The Kier molecular flexibility index (Phi) is 4.71. The van der Waals surface area contributed by atoms with Gasteiger partial charge in [-0.15, -0.1) is 0 Å². The van der Waals surface area contributed by atoms with E-state index in [1.165, 1.54) is 0 Å². The zero-order valence-electron chi connectivity index (χ0n) is 13.0. The molecule has 122 valence electrons. The van der Waals surface area contributed by atoms with E-state index in [1.807, 2.05) is 42.5 Å². The Labute approximate surface area is 138 Å². The average molecular weight is 324 g/mol. The summed E-state index contributed by atoms with van der Waals surface area (Å²) >= 11 is 0. The second-order valence-electron chi connectivity index (χ2n) is 4.92. The second-order valence-corrected chi connectivity index (χ2v) is 4.92. The van der Waals surface area contributed by atoms with Gasteiger partial charge in [0.2, 0.25) is 11.7 Å². The smallest absolute Gasteiger partial charge is 0.319 e. The lowest BCUT2D eigenvalue weighted by atomic mass is 10.2. The number of hydrogen-bond donors (Lipinski definition) is 2. The van der Waals surface area contributed by atoms with Crippen LogP contribution in [0.15, 0.2) is 59.1 Å². The van der Waals surface area contributed by atoms with Gasteiger partial charge in [-0.2, -0.15) is 4.98 Å². The minimum absolute atomic E-state index is 0.135. The van der Waals surface area contributed by atoms with Crippen LogP contribution in [0.5, 0.6) is 5.75 Å². The minimum atomic E-state index is -0.345. The SMILES string of the molecule is COc1cccc(-c2noc(CNC(=O)Nc3ccccc3)n2)c1. The van der Waals surface area contributed by atoms with Crippen LogP contribution < -0.4 is 15.4 Å². The van der Waals surface area contributed by atoms with Crippen molar-refractivity contribution in [1.82, 2.24) is 15.5 Å². The van der Waals surface area contributed by atoms with Gasteiger partial charge in [0.15, 0.2) is 0 Å². The maximum Gasteiger partial charge on any atom is 0.319 e. The predicted molar refractivity (Wildman–Crippen MR) is 88.6 cm³/mol. The van der Waals surface area contributed by atoms with Crippen molar-refractivity contribution in [3.63, 3.8) is 0 Å². The summed E-state index contributed by atoms with van der Waals surface area (Å²) in [6.45, 7) is 0.135. The van der Waals surface area contributed by atoms with Gasteiger partial charge in [0, 0.05) is 11.3 Å². The molecule has 0 atom stereocenters. The van der Waals surface area contributed by atoms with Crippen LogP contribution in [0.1, 0.15) is 5.89 Å². The van der Waals surface area contributed by atoms with Crippen molar-refractivity contribution in [3.05, 3.63) is 60.5 Å². The number of urea groups is 1. The van der Waals surface area contributed by atoms with E-state index in [9.17, 15) is 4.79 Å². The molecule has 3 rings (SSSR count). The Hall–Kier alpha value is -3.35. The van der Waals surface area contributed by atoms with E-state index in [4.69, 9.17) is 9.26 Å². The lowest BCUT2D eigenvalue weighted by Gasteiger charge is -2.05. The summed E-state index contributed by atoms with van der Waals surface area (Å²) in [6, 6.07) is 16.2. The number of anilines is 1. The van der Waals surface area contributed by atoms with Gasteiger partial charge in [0.1, 0.15) is 5.75 Å². The van der Waals surface area contributed by atoms with Gasteiger partial charge < -0.3 is 19.9 Å². The second kappa shape index (κ2) is 7.28. The van der Waals surface area contributed by atoms with Crippen molar-refractivity contribution in [2.75, 3.05) is 12.4 Å². The molecule has 0 radical (unpaired) electrons. The molecule has 0 unspecified atom stereocenters. The van der Waals surface area contributed by atoms with Crippen LogP contribution in [-0.4, -0.2) is 23.3 Å². The van der Waals surface area contributed by atoms with Gasteiger partial charge in [-0.3, -0.25) is 0 Å². The first-order valence-electron chi connectivity index (χ1n) is 7.31. The fraction of sp³-hybridized carbons (Fsp3) is 0.118. The molecule has 2 N–H and O–H groups in total. The lowest BCUT2D eigenvalue weighted by molar-refractivity contribution is 0.249. The lowest BCUT2D eigenvalue weighted by Crippen LogP contribution is -2.28. The fourth-order valence-electron chi connectivity index (χ4n) is 2.06. The van der Waals surface area contributed by atoms with E-state index in [0.717, 1.165) is 5.56 Å². The van der Waals surface area contributed by atoms with Crippen LogP contribution >= 0.6 is 0 Å². The van der Waals surface area contributed by atoms with Crippen LogP contribution in [0, 0.1) is 0 Å². The first-order chi connectivity index (χ1) is 11.7. The summed E-state index contributed by atoms with van der Waals surface area (Å²) in [4.78, 5) is 16.1. The number of ether oxygens (including phenoxy) is 1. The molecule has 0 aliphatic carbocycles. The molecule has 1 heterocycles. The number of nitrogens with one attached hydrogen (secondary N) is 2. The molecular weight excluding hydrogens is 308 g/mol. The molecule has 0 saturated carbocycles. The van der Waals surface area contributed by atoms with Gasteiger partial charge in [-0.1, -0.05) is 35.5 Å². The largest absolute Gasteiger partial charge is 0.497 e. The number of methoxy groups -OCH3 is 1. The van der Waals surface area contributed by atoms with Crippen molar-refractivity contribution in [3.8, 4) is 17.1 Å². The monoisotopic (exact) mass is 324 g/mol. The van der Waals surface area contributed by atoms with Gasteiger partial charge in [-0.05, 0) is 24.3 Å². The van der Waals surface area contributed by atoms with Crippen LogP contribution in [0.2, 0.25) is 0 Å². The highest BCUT2D eigenvalue weighted by Gasteiger charge is 2.10. The number of hydrogen-bond acceptors (Lipinski definition) is 5. The van der Waals surface area contributed by atoms with Crippen LogP contribution in [0.4, 0.5) is 10.5 Å². The third-order valence-corrected chi connectivity index (χ3v) is 3.23. The maximum absolute atomic E-state index is 11.8. The summed E-state index contributed by atoms with van der Waals surface area (Å²) in [5, 5.41) is 9.28. The van der Waals surface area contributed by atoms with Gasteiger partial charge in [0.05, 0.1) is 13.7 Å². The molecular formula is C17H16N4O3. The molecule has 7 nitrogen and oxygen atoms in total.